The van der Waals surface area contributed by atoms with E-state index in [1.54, 1.807) is 12.1 Å². The first-order chi connectivity index (χ1) is 9.18. The van der Waals surface area contributed by atoms with E-state index in [1.165, 1.54) is 10.6 Å². The SMILES string of the molecule is Cc1cc2ccccc2c(=O)n1C1=CCCC=C1F. The highest BCUT2D eigenvalue weighted by atomic mass is 19.1. The van der Waals surface area contributed by atoms with Gasteiger partial charge in [-0.1, -0.05) is 24.3 Å². The van der Waals surface area contributed by atoms with Gasteiger partial charge in [0.25, 0.3) is 5.56 Å². The van der Waals surface area contributed by atoms with Crippen LogP contribution in [0.4, 0.5) is 4.39 Å². The summed E-state index contributed by atoms with van der Waals surface area (Å²) in [4.78, 5) is 12.5. The van der Waals surface area contributed by atoms with E-state index in [4.69, 9.17) is 0 Å². The summed E-state index contributed by atoms with van der Waals surface area (Å²) in [6, 6.07) is 9.31. The van der Waals surface area contributed by atoms with E-state index < -0.39 is 0 Å². The van der Waals surface area contributed by atoms with Gasteiger partial charge in [0.05, 0.1) is 5.70 Å². The van der Waals surface area contributed by atoms with Gasteiger partial charge in [0.2, 0.25) is 0 Å². The molecule has 96 valence electrons. The molecule has 0 radical (unpaired) electrons. The van der Waals surface area contributed by atoms with Gasteiger partial charge in [-0.15, -0.1) is 0 Å². The Bertz CT molecular complexity index is 768. The summed E-state index contributed by atoms with van der Waals surface area (Å²) < 4.78 is 15.4. The molecule has 0 saturated heterocycles. The average Bonchev–Trinajstić information content (AvgIpc) is 2.41. The molecule has 3 heteroatoms. The molecule has 0 atom stereocenters. The third kappa shape index (κ3) is 1.91. The van der Waals surface area contributed by atoms with Crippen LogP contribution in [0, 0.1) is 6.92 Å². The van der Waals surface area contributed by atoms with E-state index in [0.29, 0.717) is 17.5 Å². The Morgan fingerprint density at radius 2 is 1.89 bits per heavy atom. The zero-order chi connectivity index (χ0) is 13.4. The lowest BCUT2D eigenvalue weighted by atomic mass is 10.1. The van der Waals surface area contributed by atoms with Crippen LogP contribution < -0.4 is 5.56 Å². The molecule has 0 fully saturated rings. The maximum absolute atomic E-state index is 13.9. The quantitative estimate of drug-likeness (QED) is 0.759. The van der Waals surface area contributed by atoms with Crippen LogP contribution in [0.2, 0.25) is 0 Å². The predicted octanol–water partition coefficient (Wildman–Crippen LogP) is 3.80. The molecule has 0 saturated carbocycles. The molecular weight excluding hydrogens is 241 g/mol. The average molecular weight is 255 g/mol. The fourth-order valence-corrected chi connectivity index (χ4v) is 2.52. The monoisotopic (exact) mass is 255 g/mol. The van der Waals surface area contributed by atoms with Crippen molar-refractivity contribution in [1.82, 2.24) is 4.57 Å². The van der Waals surface area contributed by atoms with Gasteiger partial charge in [-0.3, -0.25) is 9.36 Å². The predicted molar refractivity (Wildman–Crippen MR) is 75.6 cm³/mol. The van der Waals surface area contributed by atoms with Gasteiger partial charge in [-0.05, 0) is 43.4 Å². The van der Waals surface area contributed by atoms with Crippen LogP contribution in [-0.2, 0) is 0 Å². The number of allylic oxidation sites excluding steroid dienone is 4. The van der Waals surface area contributed by atoms with E-state index >= 15 is 0 Å². The normalized spacial score (nSPS) is 15.3. The summed E-state index contributed by atoms with van der Waals surface area (Å²) in [5, 5.41) is 1.51. The van der Waals surface area contributed by atoms with Crippen molar-refractivity contribution in [1.29, 1.82) is 0 Å². The van der Waals surface area contributed by atoms with Crippen molar-refractivity contribution in [3.8, 4) is 0 Å². The van der Waals surface area contributed by atoms with Crippen molar-refractivity contribution in [2.45, 2.75) is 19.8 Å². The minimum Gasteiger partial charge on any atom is -0.278 e. The Kier molecular flexibility index (Phi) is 2.82. The zero-order valence-corrected chi connectivity index (χ0v) is 10.7. The highest BCUT2D eigenvalue weighted by Crippen LogP contribution is 2.25. The first-order valence-electron chi connectivity index (χ1n) is 6.36. The van der Waals surface area contributed by atoms with Crippen molar-refractivity contribution in [3.05, 3.63) is 64.4 Å². The number of fused-ring (bicyclic) bond motifs is 1. The van der Waals surface area contributed by atoms with Crippen LogP contribution in [0.5, 0.6) is 0 Å². The van der Waals surface area contributed by atoms with Gasteiger partial charge >= 0.3 is 0 Å². The van der Waals surface area contributed by atoms with E-state index in [9.17, 15) is 9.18 Å². The highest BCUT2D eigenvalue weighted by Gasteiger charge is 2.15. The standard InChI is InChI=1S/C16H14FNO/c1-11-10-12-6-2-3-7-13(12)16(19)18(11)15-9-5-4-8-14(15)17/h2-3,6-10H,4-5H2,1H3. The topological polar surface area (TPSA) is 22.0 Å². The van der Waals surface area contributed by atoms with Gasteiger partial charge in [0.15, 0.2) is 0 Å². The third-order valence-electron chi connectivity index (χ3n) is 3.42. The fraction of sp³-hybridized carbons (Fsp3) is 0.188. The maximum Gasteiger partial charge on any atom is 0.263 e. The maximum atomic E-state index is 13.9. The van der Waals surface area contributed by atoms with Crippen molar-refractivity contribution >= 4 is 16.5 Å². The van der Waals surface area contributed by atoms with Crippen molar-refractivity contribution in [2.24, 2.45) is 0 Å². The molecule has 0 bridgehead atoms. The molecule has 2 nitrogen and oxygen atoms in total. The number of halogens is 1. The largest absolute Gasteiger partial charge is 0.278 e. The molecule has 3 rings (SSSR count). The molecule has 0 amide bonds. The number of benzene rings is 1. The molecule has 1 aliphatic rings. The first kappa shape index (κ1) is 11.9. The lowest BCUT2D eigenvalue weighted by Crippen LogP contribution is -2.22. The number of rotatable bonds is 1. The highest BCUT2D eigenvalue weighted by molar-refractivity contribution is 5.83. The van der Waals surface area contributed by atoms with Crippen LogP contribution in [0.15, 0.2) is 53.1 Å². The molecular formula is C16H14FNO. The lowest BCUT2D eigenvalue weighted by Gasteiger charge is -2.16. The molecule has 19 heavy (non-hydrogen) atoms. The zero-order valence-electron chi connectivity index (χ0n) is 10.7. The molecule has 0 aliphatic heterocycles. The lowest BCUT2D eigenvalue weighted by molar-refractivity contribution is 0.643. The van der Waals surface area contributed by atoms with E-state index in [-0.39, 0.29) is 11.4 Å². The minimum absolute atomic E-state index is 0.160. The first-order valence-corrected chi connectivity index (χ1v) is 6.36. The van der Waals surface area contributed by atoms with Crippen LogP contribution in [0.3, 0.4) is 0 Å². The van der Waals surface area contributed by atoms with Crippen LogP contribution >= 0.6 is 0 Å². The van der Waals surface area contributed by atoms with E-state index in [0.717, 1.165) is 17.5 Å². The summed E-state index contributed by atoms with van der Waals surface area (Å²) in [5.41, 5.74) is 0.965. The number of pyridine rings is 1. The fourth-order valence-electron chi connectivity index (χ4n) is 2.52. The smallest absolute Gasteiger partial charge is 0.263 e. The second kappa shape index (κ2) is 4.50. The number of hydrogen-bond donors (Lipinski definition) is 0. The summed E-state index contributed by atoms with van der Waals surface area (Å²) in [5.74, 6) is -0.313. The van der Waals surface area contributed by atoms with Gasteiger partial charge < -0.3 is 0 Å². The molecule has 0 spiro atoms. The second-order valence-electron chi connectivity index (χ2n) is 4.73. The Hall–Kier alpha value is -2.16. The van der Waals surface area contributed by atoms with Gasteiger partial charge in [0, 0.05) is 11.1 Å². The van der Waals surface area contributed by atoms with Crippen molar-refractivity contribution < 1.29 is 4.39 Å². The van der Waals surface area contributed by atoms with Crippen LogP contribution in [0.25, 0.3) is 16.5 Å². The second-order valence-corrected chi connectivity index (χ2v) is 4.73. The Morgan fingerprint density at radius 1 is 1.16 bits per heavy atom. The number of hydrogen-bond acceptors (Lipinski definition) is 1. The number of nitrogens with zero attached hydrogens (tertiary/aromatic N) is 1. The summed E-state index contributed by atoms with van der Waals surface area (Å²) in [6.45, 7) is 1.83. The summed E-state index contributed by atoms with van der Waals surface area (Å²) >= 11 is 0. The minimum atomic E-state index is -0.313. The Balaban J connectivity index is 2.33. The Morgan fingerprint density at radius 3 is 2.68 bits per heavy atom. The molecule has 1 heterocycles. The van der Waals surface area contributed by atoms with Crippen LogP contribution in [-0.4, -0.2) is 4.57 Å². The molecule has 1 aromatic carbocycles. The molecule has 2 aromatic rings. The number of aromatic nitrogens is 1. The van der Waals surface area contributed by atoms with Crippen molar-refractivity contribution in [3.63, 3.8) is 0 Å². The van der Waals surface area contributed by atoms with Crippen molar-refractivity contribution in [2.75, 3.05) is 0 Å². The van der Waals surface area contributed by atoms with E-state index in [2.05, 4.69) is 0 Å². The summed E-state index contributed by atoms with van der Waals surface area (Å²) in [7, 11) is 0. The summed E-state index contributed by atoms with van der Waals surface area (Å²) in [6.07, 6.45) is 4.78. The van der Waals surface area contributed by atoms with Gasteiger partial charge in [-0.2, -0.15) is 0 Å². The Labute approximate surface area is 110 Å². The third-order valence-corrected chi connectivity index (χ3v) is 3.42. The molecule has 0 N–H and O–H groups in total. The molecule has 1 aromatic heterocycles. The van der Waals surface area contributed by atoms with E-state index in [1.807, 2.05) is 31.2 Å². The van der Waals surface area contributed by atoms with Gasteiger partial charge in [0.1, 0.15) is 5.83 Å². The van der Waals surface area contributed by atoms with Gasteiger partial charge in [-0.25, -0.2) is 4.39 Å². The number of aryl methyl sites for hydroxylation is 1. The molecule has 0 unspecified atom stereocenters. The van der Waals surface area contributed by atoms with Crippen LogP contribution in [0.1, 0.15) is 18.5 Å². The molecule has 1 aliphatic carbocycles.